The fourth-order valence-electron chi connectivity index (χ4n) is 5.06. The molecule has 3 aromatic heterocycles. The number of fused-ring (bicyclic) bond motifs is 1. The number of carbonyl (C=O) groups excluding carboxylic acids is 1. The van der Waals surface area contributed by atoms with Gasteiger partial charge in [0.25, 0.3) is 12.1 Å². The van der Waals surface area contributed by atoms with Gasteiger partial charge in [-0.15, -0.1) is 0 Å². The number of nitrogen functional groups attached to an aromatic ring is 1. The second-order valence-electron chi connectivity index (χ2n) is 10.4. The van der Waals surface area contributed by atoms with Crippen LogP contribution in [0.5, 0.6) is 0 Å². The van der Waals surface area contributed by atoms with Crippen LogP contribution in [0, 0.1) is 0 Å². The number of rotatable bonds is 12. The summed E-state index contributed by atoms with van der Waals surface area (Å²) in [5.74, 6) is -3.82. The smallest absolute Gasteiger partial charge is 0.470 e. The maximum absolute atomic E-state index is 13.4. The average Bonchev–Trinajstić information content (AvgIpc) is 3.64. The normalized spacial score (nSPS) is 30.0. The Morgan fingerprint density at radius 3 is 2.44 bits per heavy atom. The number of pyridine rings is 1. The summed E-state index contributed by atoms with van der Waals surface area (Å²) >= 11 is 0. The predicted molar refractivity (Wildman–Crippen MR) is 146 cm³/mol. The Kier molecular flexibility index (Phi) is 10.2. The van der Waals surface area contributed by atoms with E-state index in [4.69, 9.17) is 30.0 Å². The van der Waals surface area contributed by atoms with E-state index >= 15 is 0 Å². The molecule has 0 aliphatic carbocycles. The van der Waals surface area contributed by atoms with Gasteiger partial charge in [-0.1, -0.05) is 0 Å². The van der Waals surface area contributed by atoms with Crippen LogP contribution in [0.2, 0.25) is 0 Å². The van der Waals surface area contributed by atoms with Crippen molar-refractivity contribution in [2.24, 2.45) is 5.73 Å². The molecule has 48 heavy (non-hydrogen) atoms. The van der Waals surface area contributed by atoms with Crippen LogP contribution in [0.1, 0.15) is 22.8 Å². The molecule has 1 amide bonds. The Morgan fingerprint density at radius 1 is 1.08 bits per heavy atom. The molecule has 3 aromatic rings. The monoisotopic (exact) mass is 742 g/mol. The standard InChI is InChI=1S/C21H28N7O17P3/c22-16-10-18(25-6-24-16)28(7-26-10)20-14(44-47(35,36)37)11(29)9(42-20)5-41-46(33,34)21(45-48(38,39)40)15-12(30)13(31)19(43-15)27-3-1-2-8(4-27)17(23)32/h1-4,6-7,9,11-15,19-21,29-31H,5H2,(H8-,22,23,24,25,32,33,34,35,36,37,38,39,40)/p-1. The highest BCUT2D eigenvalue weighted by molar-refractivity contribution is 7.54. The summed E-state index contributed by atoms with van der Waals surface area (Å²) in [6.45, 7) is -1.16. The van der Waals surface area contributed by atoms with Crippen molar-refractivity contribution < 1.29 is 85.9 Å². The maximum Gasteiger partial charge on any atom is 0.470 e. The minimum absolute atomic E-state index is 0.0276. The third-order valence-corrected chi connectivity index (χ3v) is 9.90. The van der Waals surface area contributed by atoms with Crippen molar-refractivity contribution >= 4 is 46.1 Å². The zero-order valence-corrected chi connectivity index (χ0v) is 26.5. The third kappa shape index (κ3) is 7.64. The first kappa shape index (κ1) is 36.4. The summed E-state index contributed by atoms with van der Waals surface area (Å²) in [7, 11) is -17.1. The molecule has 24 nitrogen and oxygen atoms in total. The summed E-state index contributed by atoms with van der Waals surface area (Å²) in [6.07, 6.45) is -11.0. The lowest BCUT2D eigenvalue weighted by Gasteiger charge is -2.37. The lowest BCUT2D eigenvalue weighted by Crippen LogP contribution is -2.46. The Morgan fingerprint density at radius 2 is 1.79 bits per heavy atom. The second kappa shape index (κ2) is 13.5. The van der Waals surface area contributed by atoms with Crippen LogP contribution in [-0.2, 0) is 36.7 Å². The van der Waals surface area contributed by atoms with E-state index in [0.29, 0.717) is 0 Å². The van der Waals surface area contributed by atoms with Gasteiger partial charge in [0.1, 0.15) is 47.9 Å². The number of imidazole rings is 1. The van der Waals surface area contributed by atoms with Crippen LogP contribution < -0.4 is 25.8 Å². The van der Waals surface area contributed by atoms with Gasteiger partial charge < -0.3 is 74.3 Å². The fraction of sp³-hybridized carbons (Fsp3) is 0.476. The van der Waals surface area contributed by atoms with E-state index in [2.05, 4.69) is 19.5 Å². The number of phosphoric acid groups is 2. The molecule has 10 N–H and O–H groups in total. The van der Waals surface area contributed by atoms with Crippen molar-refractivity contribution in [3.8, 4) is 0 Å². The van der Waals surface area contributed by atoms with Gasteiger partial charge in [-0.3, -0.25) is 18.5 Å². The van der Waals surface area contributed by atoms with Gasteiger partial charge in [0.15, 0.2) is 42.0 Å². The van der Waals surface area contributed by atoms with E-state index in [1.807, 2.05) is 0 Å². The summed E-state index contributed by atoms with van der Waals surface area (Å²) < 4.78 is 63.9. The van der Waals surface area contributed by atoms with Gasteiger partial charge in [0.05, 0.1) is 20.8 Å². The second-order valence-corrected chi connectivity index (χ2v) is 14.6. The number of amides is 1. The van der Waals surface area contributed by atoms with Gasteiger partial charge in [0, 0.05) is 6.07 Å². The lowest BCUT2D eigenvalue weighted by atomic mass is 10.1. The zero-order chi connectivity index (χ0) is 35.3. The molecule has 264 valence electrons. The molecular weight excluding hydrogens is 715 g/mol. The minimum Gasteiger partial charge on any atom is -0.790 e. The number of hydrogen-bond acceptors (Lipinski definition) is 18. The van der Waals surface area contributed by atoms with E-state index in [1.54, 1.807) is 0 Å². The summed E-state index contributed by atoms with van der Waals surface area (Å²) in [5, 5.41) is 32.2. The van der Waals surface area contributed by atoms with Crippen LogP contribution in [0.25, 0.3) is 11.2 Å². The van der Waals surface area contributed by atoms with Gasteiger partial charge in [-0.25, -0.2) is 19.5 Å². The number of hydrogen-bond donors (Lipinski definition) is 8. The topological polar surface area (TPSA) is 381 Å². The van der Waals surface area contributed by atoms with E-state index in [0.717, 1.165) is 28.0 Å². The molecule has 2 aliphatic heterocycles. The Bertz CT molecular complexity index is 1820. The van der Waals surface area contributed by atoms with Crippen LogP contribution in [-0.4, -0.2) is 105 Å². The molecule has 0 spiro atoms. The summed E-state index contributed by atoms with van der Waals surface area (Å²) in [5.41, 5.74) is 10.9. The van der Waals surface area contributed by atoms with Crippen molar-refractivity contribution in [3.05, 3.63) is 42.7 Å². The number of ether oxygens (including phenoxy) is 2. The molecule has 0 bridgehead atoms. The molecule has 5 heterocycles. The predicted octanol–water partition coefficient (Wildman–Crippen LogP) is -4.78. The largest absolute Gasteiger partial charge is 0.790 e. The molecule has 2 saturated heterocycles. The fourth-order valence-corrected chi connectivity index (χ4v) is 7.94. The van der Waals surface area contributed by atoms with E-state index in [9.17, 15) is 58.3 Å². The summed E-state index contributed by atoms with van der Waals surface area (Å²) in [6, 6.07) is 2.59. The molecule has 0 aromatic carbocycles. The van der Waals surface area contributed by atoms with Crippen LogP contribution in [0.4, 0.5) is 5.82 Å². The first-order valence-corrected chi connectivity index (χ1v) is 17.9. The molecule has 27 heteroatoms. The molecule has 10 unspecified atom stereocenters. The average molecular weight is 742 g/mol. The van der Waals surface area contributed by atoms with E-state index in [1.165, 1.54) is 18.3 Å². The summed E-state index contributed by atoms with van der Waals surface area (Å²) in [4.78, 5) is 76.3. The number of nitrogens with zero attached hydrogens (tertiary/aromatic N) is 5. The molecule has 2 fully saturated rings. The Labute approximate surface area is 267 Å². The number of aromatic nitrogens is 5. The van der Waals surface area contributed by atoms with Gasteiger partial charge in [0.2, 0.25) is 0 Å². The molecule has 2 aliphatic rings. The lowest BCUT2D eigenvalue weighted by molar-refractivity contribution is -0.766. The number of primary amides is 1. The van der Waals surface area contributed by atoms with Crippen molar-refractivity contribution in [1.82, 2.24) is 19.5 Å². The molecule has 0 radical (unpaired) electrons. The molecule has 0 saturated carbocycles. The van der Waals surface area contributed by atoms with Gasteiger partial charge in [-0.05, 0) is 6.07 Å². The van der Waals surface area contributed by atoms with E-state index in [-0.39, 0.29) is 22.5 Å². The number of aliphatic hydroxyl groups excluding tert-OH is 3. The van der Waals surface area contributed by atoms with Crippen molar-refractivity contribution in [3.63, 3.8) is 0 Å². The highest BCUT2D eigenvalue weighted by atomic mass is 31.2. The Balaban J connectivity index is 1.40. The first-order valence-electron chi connectivity index (χ1n) is 13.3. The zero-order valence-electron chi connectivity index (χ0n) is 23.8. The SMILES string of the molecule is NC(=O)c1ccc[n+](C2OC(C(OP(=O)([O-])[O-])P(=O)(O)OCC3OC(n4cnc5c(N)ncnc54)C(OP(=O)(O)O)C3O)C(O)C2O)c1. The highest BCUT2D eigenvalue weighted by Gasteiger charge is 2.57. The first-order chi connectivity index (χ1) is 22.3. The van der Waals surface area contributed by atoms with Gasteiger partial charge in [-0.2, -0.15) is 4.57 Å². The van der Waals surface area contributed by atoms with Gasteiger partial charge >= 0.3 is 15.4 Å². The third-order valence-electron chi connectivity index (χ3n) is 7.17. The molecule has 10 atom stereocenters. The number of phosphoric ester groups is 2. The number of anilines is 1. The maximum atomic E-state index is 13.4. The van der Waals surface area contributed by atoms with Crippen molar-refractivity contribution in [1.29, 1.82) is 0 Å². The van der Waals surface area contributed by atoms with Crippen LogP contribution in [0.15, 0.2) is 37.2 Å². The van der Waals surface area contributed by atoms with Crippen molar-refractivity contribution in [2.75, 3.05) is 12.3 Å². The quantitative estimate of drug-likeness (QED) is 0.0637. The van der Waals surface area contributed by atoms with E-state index < -0.39 is 90.7 Å². The molecule has 5 rings (SSSR count). The minimum atomic E-state index is -6.17. The number of nitrogens with two attached hydrogens (primary N) is 2. The van der Waals surface area contributed by atoms with Crippen LogP contribution >= 0.6 is 23.2 Å². The number of carbonyl (C=O) groups is 1. The van der Waals surface area contributed by atoms with Crippen LogP contribution in [0.3, 0.4) is 0 Å². The molecular formula is C21H27N7O17P3-. The highest BCUT2D eigenvalue weighted by Crippen LogP contribution is 2.56. The Hall–Kier alpha value is -2.86. The van der Waals surface area contributed by atoms with Crippen molar-refractivity contribution in [2.45, 2.75) is 54.9 Å². The number of aliphatic hydroxyl groups is 3.